The maximum atomic E-state index is 11.8. The molecule has 4 heteroatoms. The Kier molecular flexibility index (Phi) is 2.99. The van der Waals surface area contributed by atoms with Gasteiger partial charge >= 0.3 is 5.97 Å². The van der Waals surface area contributed by atoms with Crippen LogP contribution in [0.5, 0.6) is 0 Å². The number of nitrogens with zero attached hydrogens (tertiary/aromatic N) is 2. The van der Waals surface area contributed by atoms with E-state index >= 15 is 0 Å². The summed E-state index contributed by atoms with van der Waals surface area (Å²) >= 11 is 0. The highest BCUT2D eigenvalue weighted by Crippen LogP contribution is 2.32. The number of nitriles is 1. The SMILES string of the molecule is Cc1c(-c2ccc(C#N)c[n+]2C)cc2c(c1C)COC2=O. The van der Waals surface area contributed by atoms with Crippen LogP contribution >= 0.6 is 0 Å². The van der Waals surface area contributed by atoms with Crippen molar-refractivity contribution in [3.05, 3.63) is 52.2 Å². The van der Waals surface area contributed by atoms with Crippen molar-refractivity contribution < 1.29 is 14.1 Å². The van der Waals surface area contributed by atoms with Gasteiger partial charge in [0, 0.05) is 11.6 Å². The molecule has 21 heavy (non-hydrogen) atoms. The van der Waals surface area contributed by atoms with E-state index in [0.717, 1.165) is 27.9 Å². The Morgan fingerprint density at radius 2 is 2.00 bits per heavy atom. The molecule has 1 aliphatic heterocycles. The first-order chi connectivity index (χ1) is 10.0. The van der Waals surface area contributed by atoms with Gasteiger partial charge < -0.3 is 4.74 Å². The Balaban J connectivity index is 2.25. The van der Waals surface area contributed by atoms with Gasteiger partial charge in [0.2, 0.25) is 5.69 Å². The van der Waals surface area contributed by atoms with E-state index in [4.69, 9.17) is 10.00 Å². The molecule has 0 amide bonds. The maximum Gasteiger partial charge on any atom is 0.338 e. The first-order valence-electron chi connectivity index (χ1n) is 6.73. The molecule has 2 heterocycles. The lowest BCUT2D eigenvalue weighted by Crippen LogP contribution is -2.31. The van der Waals surface area contributed by atoms with E-state index in [2.05, 4.69) is 6.07 Å². The van der Waals surface area contributed by atoms with Crippen LogP contribution in [-0.2, 0) is 18.4 Å². The molecule has 0 radical (unpaired) electrons. The van der Waals surface area contributed by atoms with Crippen LogP contribution in [0.2, 0.25) is 0 Å². The summed E-state index contributed by atoms with van der Waals surface area (Å²) in [6, 6.07) is 7.72. The van der Waals surface area contributed by atoms with E-state index in [1.54, 1.807) is 12.3 Å². The van der Waals surface area contributed by atoms with E-state index in [-0.39, 0.29) is 5.97 Å². The van der Waals surface area contributed by atoms with Crippen LogP contribution in [0.25, 0.3) is 11.3 Å². The zero-order valence-corrected chi connectivity index (χ0v) is 12.2. The standard InChI is InChI=1S/C17H15N2O2/c1-10-11(2)15-9-21-17(20)14(15)6-13(10)16-5-4-12(7-18)8-19(16)3/h4-6,8H,9H2,1-3H3/q+1. The fourth-order valence-corrected chi connectivity index (χ4v) is 2.77. The highest BCUT2D eigenvalue weighted by atomic mass is 16.5. The molecule has 0 bridgehead atoms. The number of aryl methyl sites for hydroxylation is 1. The molecule has 2 aromatic rings. The number of carbonyl (C=O) groups is 1. The van der Waals surface area contributed by atoms with Gasteiger partial charge in [-0.05, 0) is 37.1 Å². The summed E-state index contributed by atoms with van der Waals surface area (Å²) < 4.78 is 7.04. The van der Waals surface area contributed by atoms with Crippen molar-refractivity contribution in [1.29, 1.82) is 5.26 Å². The molecule has 0 spiro atoms. The number of benzene rings is 1. The first kappa shape index (κ1) is 13.3. The molecular weight excluding hydrogens is 264 g/mol. The largest absolute Gasteiger partial charge is 0.457 e. The third-order valence-electron chi connectivity index (χ3n) is 4.14. The van der Waals surface area contributed by atoms with Gasteiger partial charge in [-0.1, -0.05) is 0 Å². The van der Waals surface area contributed by atoms with E-state index in [0.29, 0.717) is 17.7 Å². The minimum Gasteiger partial charge on any atom is -0.457 e. The Morgan fingerprint density at radius 3 is 2.67 bits per heavy atom. The summed E-state index contributed by atoms with van der Waals surface area (Å²) in [4.78, 5) is 11.8. The molecule has 104 valence electrons. The molecule has 0 saturated heterocycles. The lowest BCUT2D eigenvalue weighted by Gasteiger charge is -2.10. The quantitative estimate of drug-likeness (QED) is 0.594. The molecule has 1 aliphatic rings. The zero-order valence-electron chi connectivity index (χ0n) is 12.2. The summed E-state index contributed by atoms with van der Waals surface area (Å²) in [6.07, 6.45) is 1.79. The average molecular weight is 279 g/mol. The van der Waals surface area contributed by atoms with E-state index < -0.39 is 0 Å². The number of aromatic nitrogens is 1. The van der Waals surface area contributed by atoms with Gasteiger partial charge in [0.05, 0.1) is 11.1 Å². The number of fused-ring (bicyclic) bond motifs is 1. The number of esters is 1. The number of hydrogen-bond acceptors (Lipinski definition) is 3. The number of pyridine rings is 1. The zero-order chi connectivity index (χ0) is 15.1. The minimum atomic E-state index is -0.259. The topological polar surface area (TPSA) is 54.0 Å². The summed E-state index contributed by atoms with van der Waals surface area (Å²) in [6.45, 7) is 4.43. The normalized spacial score (nSPS) is 12.8. The fourth-order valence-electron chi connectivity index (χ4n) is 2.77. The molecule has 0 fully saturated rings. The van der Waals surface area contributed by atoms with Crippen LogP contribution in [0, 0.1) is 25.2 Å². The molecule has 0 aliphatic carbocycles. The van der Waals surface area contributed by atoms with Gasteiger partial charge in [-0.25, -0.2) is 4.79 Å². The van der Waals surface area contributed by atoms with Gasteiger partial charge in [0.1, 0.15) is 25.3 Å². The lowest BCUT2D eigenvalue weighted by atomic mass is 9.92. The molecule has 0 saturated carbocycles. The molecular formula is C17H15N2O2+. The van der Waals surface area contributed by atoms with Gasteiger partial charge in [-0.15, -0.1) is 0 Å². The summed E-state index contributed by atoms with van der Waals surface area (Å²) in [5.41, 5.74) is 6.44. The van der Waals surface area contributed by atoms with Crippen LogP contribution < -0.4 is 4.57 Å². The van der Waals surface area contributed by atoms with Gasteiger partial charge in [0.25, 0.3) is 0 Å². The molecule has 0 N–H and O–H groups in total. The van der Waals surface area contributed by atoms with Crippen LogP contribution in [-0.4, -0.2) is 5.97 Å². The predicted molar refractivity (Wildman–Crippen MR) is 76.4 cm³/mol. The molecule has 1 aromatic carbocycles. The van der Waals surface area contributed by atoms with Crippen LogP contribution in [0.3, 0.4) is 0 Å². The second-order valence-corrected chi connectivity index (χ2v) is 5.30. The van der Waals surface area contributed by atoms with E-state index in [1.807, 2.05) is 37.6 Å². The summed E-state index contributed by atoms with van der Waals surface area (Å²) in [7, 11) is 1.90. The van der Waals surface area contributed by atoms with Crippen LogP contribution in [0.1, 0.15) is 32.6 Å². The second-order valence-electron chi connectivity index (χ2n) is 5.30. The molecule has 0 unspecified atom stereocenters. The minimum absolute atomic E-state index is 0.259. The highest BCUT2D eigenvalue weighted by Gasteiger charge is 2.27. The van der Waals surface area contributed by atoms with Crippen LogP contribution in [0.15, 0.2) is 24.4 Å². The highest BCUT2D eigenvalue weighted by molar-refractivity contribution is 5.95. The van der Waals surface area contributed by atoms with Crippen LogP contribution in [0.4, 0.5) is 0 Å². The van der Waals surface area contributed by atoms with Gasteiger partial charge in [-0.3, -0.25) is 0 Å². The number of cyclic esters (lactones) is 1. The smallest absolute Gasteiger partial charge is 0.338 e. The first-order valence-corrected chi connectivity index (χ1v) is 6.73. The Hall–Kier alpha value is -2.67. The number of rotatable bonds is 1. The lowest BCUT2D eigenvalue weighted by molar-refractivity contribution is -0.660. The number of hydrogen-bond donors (Lipinski definition) is 0. The van der Waals surface area contributed by atoms with Crippen molar-refractivity contribution in [3.63, 3.8) is 0 Å². The average Bonchev–Trinajstić information content (AvgIpc) is 2.84. The number of carbonyl (C=O) groups excluding carboxylic acids is 1. The Morgan fingerprint density at radius 1 is 1.24 bits per heavy atom. The van der Waals surface area contributed by atoms with Crippen molar-refractivity contribution in [2.45, 2.75) is 20.5 Å². The maximum absolute atomic E-state index is 11.8. The third kappa shape index (κ3) is 1.98. The Labute approximate surface area is 123 Å². The molecule has 0 atom stereocenters. The molecule has 4 nitrogen and oxygen atoms in total. The monoisotopic (exact) mass is 279 g/mol. The fraction of sp³-hybridized carbons (Fsp3) is 0.235. The third-order valence-corrected chi connectivity index (χ3v) is 4.14. The molecule has 1 aromatic heterocycles. The van der Waals surface area contributed by atoms with Crippen molar-refractivity contribution >= 4 is 5.97 Å². The van der Waals surface area contributed by atoms with E-state index in [1.165, 1.54) is 0 Å². The predicted octanol–water partition coefficient (Wildman–Crippen LogP) is 2.34. The summed E-state index contributed by atoms with van der Waals surface area (Å²) in [5, 5.41) is 8.96. The van der Waals surface area contributed by atoms with Crippen molar-refractivity contribution in [2.75, 3.05) is 0 Å². The second kappa shape index (κ2) is 4.71. The van der Waals surface area contributed by atoms with Crippen molar-refractivity contribution in [1.82, 2.24) is 0 Å². The van der Waals surface area contributed by atoms with Gasteiger partial charge in [-0.2, -0.15) is 9.83 Å². The number of ether oxygens (including phenoxy) is 1. The molecule has 3 rings (SSSR count). The summed E-state index contributed by atoms with van der Waals surface area (Å²) in [5.74, 6) is -0.259. The Bertz CT molecular complexity index is 817. The van der Waals surface area contributed by atoms with Crippen molar-refractivity contribution in [3.8, 4) is 17.3 Å². The van der Waals surface area contributed by atoms with Crippen molar-refractivity contribution in [2.24, 2.45) is 7.05 Å². The van der Waals surface area contributed by atoms with Gasteiger partial charge in [0.15, 0.2) is 6.20 Å². The van der Waals surface area contributed by atoms with E-state index in [9.17, 15) is 4.79 Å².